The summed E-state index contributed by atoms with van der Waals surface area (Å²) in [4.78, 5) is 0. The van der Waals surface area contributed by atoms with Crippen molar-refractivity contribution in [1.82, 2.24) is 0 Å². The van der Waals surface area contributed by atoms with Gasteiger partial charge in [-0.2, -0.15) is 0 Å². The third-order valence-corrected chi connectivity index (χ3v) is 6.59. The molecule has 3 heteroatoms. The Hall–Kier alpha value is -0.341. The van der Waals surface area contributed by atoms with Gasteiger partial charge < -0.3 is 0 Å². The molecule has 1 N–H and O–H groups in total. The molecule has 0 aliphatic carbocycles. The Morgan fingerprint density at radius 3 is 2.12 bits per heavy atom. The molecule has 0 saturated heterocycles. The third-order valence-electron chi connectivity index (χ3n) is 4.17. The fourth-order valence-corrected chi connectivity index (χ4v) is 4.31. The summed E-state index contributed by atoms with van der Waals surface area (Å²) in [5, 5.41) is 10.8. The normalized spacial score (nSPS) is 12.5. The van der Waals surface area contributed by atoms with Gasteiger partial charge >= 0.3 is 136 Å². The van der Waals surface area contributed by atoms with Gasteiger partial charge in [0.1, 0.15) is 0 Å². The van der Waals surface area contributed by atoms with Crippen LogP contribution in [0.5, 0.6) is 0 Å². The Morgan fingerprint density at radius 1 is 0.917 bits per heavy atom. The van der Waals surface area contributed by atoms with Crippen LogP contribution in [0, 0.1) is 6.92 Å². The van der Waals surface area contributed by atoms with Crippen molar-refractivity contribution in [1.29, 1.82) is 0 Å². The van der Waals surface area contributed by atoms with E-state index in [0.29, 0.717) is 21.6 Å². The van der Waals surface area contributed by atoms with Gasteiger partial charge in [0.05, 0.1) is 0 Å². The fraction of sp³-hybridized carbons (Fsp3) is 0.714. The van der Waals surface area contributed by atoms with Crippen molar-refractivity contribution in [3.63, 3.8) is 0 Å². The Bertz CT molecular complexity index is 391. The summed E-state index contributed by atoms with van der Waals surface area (Å²) in [7, 11) is 0. The molecule has 0 fully saturated rings. The van der Waals surface area contributed by atoms with Crippen molar-refractivity contribution in [3.8, 4) is 0 Å². The fourth-order valence-electron chi connectivity index (χ4n) is 2.61. The van der Waals surface area contributed by atoms with Crippen LogP contribution in [0.4, 0.5) is 0 Å². The van der Waals surface area contributed by atoms with Crippen LogP contribution in [0.2, 0.25) is 5.32 Å². The number of aryl methyl sites for hydroxylation is 1. The van der Waals surface area contributed by atoms with E-state index in [9.17, 15) is 5.11 Å². The zero-order chi connectivity index (χ0) is 17.5. The van der Waals surface area contributed by atoms with Gasteiger partial charge in [-0.1, -0.05) is 19.8 Å². The van der Waals surface area contributed by atoms with Gasteiger partial charge in [-0.25, -0.2) is 0 Å². The van der Waals surface area contributed by atoms with Gasteiger partial charge in [0.2, 0.25) is 0 Å². The number of unbranched alkanes of at least 4 members (excludes halogenated alkanes) is 8. The van der Waals surface area contributed by atoms with Crippen molar-refractivity contribution < 1.29 is 9.84 Å². The number of benzene rings is 1. The minimum absolute atomic E-state index is 0.315. The average Bonchev–Trinajstić information content (AvgIpc) is 2.59. The Labute approximate surface area is 155 Å². The van der Waals surface area contributed by atoms with Gasteiger partial charge in [-0.15, -0.1) is 0 Å². The van der Waals surface area contributed by atoms with Gasteiger partial charge in [0.25, 0.3) is 0 Å². The first kappa shape index (κ1) is 21.7. The predicted octanol–water partition coefficient (Wildman–Crippen LogP) is 4.65. The zero-order valence-electron chi connectivity index (χ0n) is 15.6. The summed E-state index contributed by atoms with van der Waals surface area (Å²) in [6.07, 6.45) is 11.7. The Morgan fingerprint density at radius 2 is 1.50 bits per heavy atom. The van der Waals surface area contributed by atoms with Crippen molar-refractivity contribution >= 4 is 19.4 Å². The van der Waals surface area contributed by atoms with Crippen LogP contribution >= 0.6 is 0 Å². The molecule has 0 aliphatic heterocycles. The number of ether oxygens (including phenoxy) is 1. The number of aliphatic hydroxyl groups excluding tert-OH is 1. The van der Waals surface area contributed by atoms with E-state index in [1.165, 1.54) is 61.4 Å². The molecule has 0 aliphatic rings. The van der Waals surface area contributed by atoms with Crippen LogP contribution in [0.15, 0.2) is 24.3 Å². The first-order valence-corrected chi connectivity index (χ1v) is 11.7. The standard InChI is InChI=1S/C21H36O2Se/c1-3-4-5-6-7-8-9-10-11-16-23-17-20(22)18-24-21-14-12-19(2)13-15-21/h12-15,20,22H,3-11,16-18H2,1-2H3. The van der Waals surface area contributed by atoms with E-state index in [-0.39, 0.29) is 6.10 Å². The molecular weight excluding hydrogens is 363 g/mol. The van der Waals surface area contributed by atoms with E-state index in [1.807, 2.05) is 0 Å². The summed E-state index contributed by atoms with van der Waals surface area (Å²) in [6.45, 7) is 5.65. The molecule has 0 amide bonds. The molecule has 0 spiro atoms. The monoisotopic (exact) mass is 400 g/mol. The molecule has 1 atom stereocenters. The predicted molar refractivity (Wildman–Crippen MR) is 105 cm³/mol. The second-order valence-corrected chi connectivity index (χ2v) is 8.98. The van der Waals surface area contributed by atoms with Crippen molar-refractivity contribution in [3.05, 3.63) is 29.8 Å². The Kier molecular flexibility index (Phi) is 13.5. The van der Waals surface area contributed by atoms with Crippen LogP contribution in [-0.4, -0.2) is 39.4 Å². The summed E-state index contributed by atoms with van der Waals surface area (Å²) < 4.78 is 6.98. The van der Waals surface area contributed by atoms with Gasteiger partial charge in [0, 0.05) is 0 Å². The topological polar surface area (TPSA) is 29.5 Å². The molecule has 2 nitrogen and oxygen atoms in total. The van der Waals surface area contributed by atoms with Gasteiger partial charge in [0.15, 0.2) is 0 Å². The maximum absolute atomic E-state index is 10.00. The van der Waals surface area contributed by atoms with E-state index >= 15 is 0 Å². The molecule has 0 radical (unpaired) electrons. The average molecular weight is 399 g/mol. The minimum atomic E-state index is -0.315. The van der Waals surface area contributed by atoms with E-state index in [0.717, 1.165) is 18.3 Å². The number of aliphatic hydroxyl groups is 1. The van der Waals surface area contributed by atoms with Crippen LogP contribution in [0.25, 0.3) is 0 Å². The summed E-state index contributed by atoms with van der Waals surface area (Å²) in [5.41, 5.74) is 1.29. The van der Waals surface area contributed by atoms with E-state index in [4.69, 9.17) is 4.74 Å². The van der Waals surface area contributed by atoms with Crippen LogP contribution in [0.3, 0.4) is 0 Å². The van der Waals surface area contributed by atoms with Gasteiger partial charge in [-0.05, 0) is 0 Å². The van der Waals surface area contributed by atoms with Crippen LogP contribution < -0.4 is 4.46 Å². The van der Waals surface area contributed by atoms with E-state index < -0.39 is 0 Å². The molecule has 1 unspecified atom stereocenters. The summed E-state index contributed by atoms with van der Waals surface area (Å²) in [6, 6.07) is 8.63. The van der Waals surface area contributed by atoms with Gasteiger partial charge in [-0.3, -0.25) is 0 Å². The van der Waals surface area contributed by atoms with Crippen molar-refractivity contribution in [2.75, 3.05) is 13.2 Å². The number of hydrogen-bond acceptors (Lipinski definition) is 2. The van der Waals surface area contributed by atoms with E-state index in [1.54, 1.807) is 0 Å². The molecule has 0 heterocycles. The molecule has 0 aromatic heterocycles. The van der Waals surface area contributed by atoms with Crippen LogP contribution in [0.1, 0.15) is 70.3 Å². The first-order chi connectivity index (χ1) is 11.7. The zero-order valence-corrected chi connectivity index (χ0v) is 17.3. The molecule has 1 aromatic carbocycles. The molecule has 138 valence electrons. The van der Waals surface area contributed by atoms with Crippen molar-refractivity contribution in [2.24, 2.45) is 0 Å². The molecule has 0 bridgehead atoms. The first-order valence-electron chi connectivity index (χ1n) is 9.67. The number of rotatable bonds is 15. The quantitative estimate of drug-likeness (QED) is 0.344. The molecular formula is C21H36O2Se. The second-order valence-electron chi connectivity index (χ2n) is 6.68. The molecule has 0 saturated carbocycles. The summed E-state index contributed by atoms with van der Waals surface area (Å²) >= 11 is 0.342. The van der Waals surface area contributed by atoms with Crippen molar-refractivity contribution in [2.45, 2.75) is 83.1 Å². The number of hydrogen-bond donors (Lipinski definition) is 1. The van der Waals surface area contributed by atoms with Crippen LogP contribution in [-0.2, 0) is 4.74 Å². The second kappa shape index (κ2) is 15.0. The third kappa shape index (κ3) is 12.1. The molecule has 1 aromatic rings. The molecule has 24 heavy (non-hydrogen) atoms. The summed E-state index contributed by atoms with van der Waals surface area (Å²) in [5.74, 6) is 0. The Balaban J connectivity index is 1.87. The maximum atomic E-state index is 10.00. The molecule has 1 rings (SSSR count). The SMILES string of the molecule is CCCCCCCCCCCOCC(O)C[Se]c1ccc(C)cc1. The van der Waals surface area contributed by atoms with E-state index in [2.05, 4.69) is 38.1 Å².